The molecule has 7 nitrogen and oxygen atoms in total. The summed E-state index contributed by atoms with van der Waals surface area (Å²) in [5, 5.41) is 6.69. The maximum atomic E-state index is 13.1. The third kappa shape index (κ3) is 1.94. The molecule has 1 fully saturated rings. The lowest BCUT2D eigenvalue weighted by atomic mass is 9.91. The van der Waals surface area contributed by atoms with Gasteiger partial charge in [-0.25, -0.2) is 4.79 Å². The summed E-state index contributed by atoms with van der Waals surface area (Å²) in [6.45, 7) is 1.93. The number of hydrogen-bond acceptors (Lipinski definition) is 5. The number of nitrogens with one attached hydrogen (secondary N) is 1. The third-order valence-corrected chi connectivity index (χ3v) is 4.90. The number of fused-ring (bicyclic) bond motifs is 2. The van der Waals surface area contributed by atoms with Gasteiger partial charge in [0.05, 0.1) is 19.3 Å². The number of imide groups is 1. The van der Waals surface area contributed by atoms with Gasteiger partial charge >= 0.3 is 6.03 Å². The minimum Gasteiger partial charge on any atom is -0.497 e. The average molecular weight is 327 g/mol. The van der Waals surface area contributed by atoms with Crippen LogP contribution in [0.2, 0.25) is 0 Å². The van der Waals surface area contributed by atoms with Crippen molar-refractivity contribution in [2.75, 3.05) is 7.11 Å². The third-order valence-electron chi connectivity index (χ3n) is 4.90. The highest BCUT2D eigenvalue weighted by atomic mass is 16.5. The van der Waals surface area contributed by atoms with Gasteiger partial charge < -0.3 is 14.6 Å². The summed E-state index contributed by atoms with van der Waals surface area (Å²) in [5.74, 6) is 0.436. The number of carbonyl (C=O) groups excluding carboxylic acids is 2. The first-order valence-electron chi connectivity index (χ1n) is 7.76. The van der Waals surface area contributed by atoms with Gasteiger partial charge in [0.1, 0.15) is 17.6 Å². The Labute approximate surface area is 138 Å². The molecule has 7 heteroatoms. The van der Waals surface area contributed by atoms with Crippen molar-refractivity contribution in [2.24, 2.45) is 0 Å². The van der Waals surface area contributed by atoms with Crippen LogP contribution in [0.5, 0.6) is 5.75 Å². The summed E-state index contributed by atoms with van der Waals surface area (Å²) < 4.78 is 10.2. The number of methoxy groups -OCH3 is 1. The molecule has 24 heavy (non-hydrogen) atoms. The van der Waals surface area contributed by atoms with Gasteiger partial charge in [-0.15, -0.1) is 0 Å². The molecule has 124 valence electrons. The quantitative estimate of drug-likeness (QED) is 0.870. The van der Waals surface area contributed by atoms with Crippen molar-refractivity contribution in [3.05, 3.63) is 46.8 Å². The Balaban J connectivity index is 1.71. The Morgan fingerprint density at radius 3 is 2.96 bits per heavy atom. The molecule has 1 spiro atoms. The summed E-state index contributed by atoms with van der Waals surface area (Å²) >= 11 is 0. The number of ether oxygens (including phenoxy) is 1. The number of nitrogens with zero attached hydrogens (tertiary/aromatic N) is 2. The van der Waals surface area contributed by atoms with E-state index in [9.17, 15) is 9.59 Å². The highest BCUT2D eigenvalue weighted by molar-refractivity contribution is 6.08. The zero-order chi connectivity index (χ0) is 16.9. The highest BCUT2D eigenvalue weighted by Crippen LogP contribution is 2.43. The fourth-order valence-electron chi connectivity index (χ4n) is 3.51. The van der Waals surface area contributed by atoms with Crippen LogP contribution < -0.4 is 10.1 Å². The lowest BCUT2D eigenvalue weighted by Gasteiger charge is -2.22. The van der Waals surface area contributed by atoms with Crippen LogP contribution in [0.1, 0.15) is 28.8 Å². The molecule has 0 bridgehead atoms. The van der Waals surface area contributed by atoms with Crippen LogP contribution in [0, 0.1) is 6.92 Å². The number of urea groups is 1. The molecule has 1 saturated heterocycles. The molecule has 0 radical (unpaired) electrons. The van der Waals surface area contributed by atoms with Crippen molar-refractivity contribution in [3.63, 3.8) is 0 Å². The topological polar surface area (TPSA) is 84.7 Å². The van der Waals surface area contributed by atoms with Gasteiger partial charge in [-0.3, -0.25) is 9.69 Å². The lowest BCUT2D eigenvalue weighted by Crippen LogP contribution is -2.41. The first-order chi connectivity index (χ1) is 11.5. The smallest absolute Gasteiger partial charge is 0.325 e. The largest absolute Gasteiger partial charge is 0.497 e. The van der Waals surface area contributed by atoms with E-state index in [1.807, 2.05) is 18.2 Å². The molecule has 4 rings (SSSR count). The molecule has 1 aromatic heterocycles. The number of aryl methyl sites for hydroxylation is 2. The van der Waals surface area contributed by atoms with Gasteiger partial charge in [0.15, 0.2) is 0 Å². The van der Waals surface area contributed by atoms with E-state index < -0.39 is 11.6 Å². The number of aromatic nitrogens is 1. The van der Waals surface area contributed by atoms with Gasteiger partial charge in [0.2, 0.25) is 0 Å². The van der Waals surface area contributed by atoms with Crippen LogP contribution in [0.4, 0.5) is 4.79 Å². The van der Waals surface area contributed by atoms with E-state index in [1.165, 1.54) is 11.2 Å². The molecule has 0 saturated carbocycles. The summed E-state index contributed by atoms with van der Waals surface area (Å²) in [6, 6.07) is 5.28. The van der Waals surface area contributed by atoms with E-state index in [-0.39, 0.29) is 12.5 Å². The number of amides is 3. The molecular formula is C17H17N3O4. The molecule has 1 unspecified atom stereocenters. The molecule has 2 aromatic rings. The van der Waals surface area contributed by atoms with E-state index in [4.69, 9.17) is 9.26 Å². The molecule has 1 N–H and O–H groups in total. The average Bonchev–Trinajstić information content (AvgIpc) is 3.22. The predicted octanol–water partition coefficient (Wildman–Crippen LogP) is 1.89. The van der Waals surface area contributed by atoms with Gasteiger partial charge in [-0.1, -0.05) is 11.2 Å². The molecular weight excluding hydrogens is 310 g/mol. The molecule has 1 aromatic carbocycles. The Bertz CT molecular complexity index is 844. The monoisotopic (exact) mass is 327 g/mol. The molecule has 3 amide bonds. The predicted molar refractivity (Wildman–Crippen MR) is 83.3 cm³/mol. The number of benzene rings is 1. The van der Waals surface area contributed by atoms with Crippen molar-refractivity contribution in [3.8, 4) is 5.75 Å². The fraction of sp³-hybridized carbons (Fsp3) is 0.353. The minimum absolute atomic E-state index is 0.154. The number of rotatable bonds is 3. The highest BCUT2D eigenvalue weighted by Gasteiger charge is 2.55. The van der Waals surface area contributed by atoms with Crippen LogP contribution in [0.15, 0.2) is 29.0 Å². The molecule has 2 heterocycles. The second-order valence-electron chi connectivity index (χ2n) is 6.18. The van der Waals surface area contributed by atoms with Crippen molar-refractivity contribution in [1.29, 1.82) is 0 Å². The summed E-state index contributed by atoms with van der Waals surface area (Å²) in [7, 11) is 1.58. The SMILES string of the molecule is COc1ccc2c(c1)C1(CC2)NC(=O)N(Cc2conc2C)C1=O. The Kier molecular flexibility index (Phi) is 3.13. The van der Waals surface area contributed by atoms with Crippen LogP contribution in [0.25, 0.3) is 0 Å². The van der Waals surface area contributed by atoms with Crippen LogP contribution in [-0.2, 0) is 23.3 Å². The van der Waals surface area contributed by atoms with Gasteiger partial charge in [0, 0.05) is 5.56 Å². The van der Waals surface area contributed by atoms with Crippen LogP contribution in [-0.4, -0.2) is 29.1 Å². The minimum atomic E-state index is -0.994. The van der Waals surface area contributed by atoms with Crippen molar-refractivity contribution < 1.29 is 18.8 Å². The van der Waals surface area contributed by atoms with E-state index in [0.29, 0.717) is 17.9 Å². The lowest BCUT2D eigenvalue weighted by molar-refractivity contribution is -0.132. The summed E-state index contributed by atoms with van der Waals surface area (Å²) in [6.07, 6.45) is 2.76. The molecule has 1 aliphatic heterocycles. The Morgan fingerprint density at radius 2 is 2.25 bits per heavy atom. The van der Waals surface area contributed by atoms with E-state index in [2.05, 4.69) is 10.5 Å². The second kappa shape index (κ2) is 5.09. The van der Waals surface area contributed by atoms with Gasteiger partial charge in [-0.05, 0) is 43.0 Å². The van der Waals surface area contributed by atoms with Crippen LogP contribution in [0.3, 0.4) is 0 Å². The fourth-order valence-corrected chi connectivity index (χ4v) is 3.51. The van der Waals surface area contributed by atoms with Gasteiger partial charge in [0.25, 0.3) is 5.91 Å². The number of hydrogen-bond donors (Lipinski definition) is 1. The Morgan fingerprint density at radius 1 is 1.42 bits per heavy atom. The first-order valence-corrected chi connectivity index (χ1v) is 7.76. The van der Waals surface area contributed by atoms with Gasteiger partial charge in [-0.2, -0.15) is 0 Å². The standard InChI is InChI=1S/C17H17N3O4/c1-10-12(9-24-19-10)8-20-15(21)17(18-16(20)22)6-5-11-3-4-13(23-2)7-14(11)17/h3-4,7,9H,5-6,8H2,1-2H3,(H,18,22). The molecule has 1 aliphatic carbocycles. The van der Waals surface area contributed by atoms with Crippen molar-refractivity contribution in [1.82, 2.24) is 15.4 Å². The normalized spacial score (nSPS) is 22.2. The number of carbonyl (C=O) groups is 2. The first kappa shape index (κ1) is 14.7. The van der Waals surface area contributed by atoms with Crippen molar-refractivity contribution >= 4 is 11.9 Å². The molecule has 2 aliphatic rings. The maximum Gasteiger partial charge on any atom is 0.325 e. The second-order valence-corrected chi connectivity index (χ2v) is 6.18. The zero-order valence-electron chi connectivity index (χ0n) is 13.5. The molecule has 1 atom stereocenters. The summed E-state index contributed by atoms with van der Waals surface area (Å²) in [4.78, 5) is 26.8. The zero-order valence-corrected chi connectivity index (χ0v) is 13.5. The maximum absolute atomic E-state index is 13.1. The van der Waals surface area contributed by atoms with Crippen molar-refractivity contribution in [2.45, 2.75) is 31.8 Å². The van der Waals surface area contributed by atoms with Crippen LogP contribution >= 0.6 is 0 Å². The van der Waals surface area contributed by atoms with E-state index in [1.54, 1.807) is 14.0 Å². The van der Waals surface area contributed by atoms with E-state index in [0.717, 1.165) is 23.1 Å². The summed E-state index contributed by atoms with van der Waals surface area (Å²) in [5.41, 5.74) is 2.29. The Hall–Kier alpha value is -2.83. The van der Waals surface area contributed by atoms with E-state index >= 15 is 0 Å².